The molecular formula is C19H18F2N2O2. The van der Waals surface area contributed by atoms with Crippen molar-refractivity contribution in [2.24, 2.45) is 0 Å². The van der Waals surface area contributed by atoms with E-state index >= 15 is 0 Å². The molecule has 1 aliphatic heterocycles. The fourth-order valence-electron chi connectivity index (χ4n) is 2.85. The van der Waals surface area contributed by atoms with Gasteiger partial charge in [0.05, 0.1) is 6.42 Å². The van der Waals surface area contributed by atoms with Gasteiger partial charge in [-0.1, -0.05) is 6.07 Å². The van der Waals surface area contributed by atoms with Crippen molar-refractivity contribution in [3.8, 4) is 0 Å². The Hall–Kier alpha value is -2.76. The summed E-state index contributed by atoms with van der Waals surface area (Å²) in [4.78, 5) is 25.7. The van der Waals surface area contributed by atoms with Crippen LogP contribution in [-0.2, 0) is 16.0 Å². The van der Waals surface area contributed by atoms with Crippen molar-refractivity contribution in [2.75, 3.05) is 16.8 Å². The van der Waals surface area contributed by atoms with Crippen molar-refractivity contribution < 1.29 is 18.4 Å². The second-order valence-corrected chi connectivity index (χ2v) is 6.01. The number of carbonyl (C=O) groups is 2. The number of nitrogens with one attached hydrogen (secondary N) is 1. The Morgan fingerprint density at radius 2 is 1.84 bits per heavy atom. The number of nitrogens with zero attached hydrogens (tertiary/aromatic N) is 1. The van der Waals surface area contributed by atoms with Gasteiger partial charge in [0.1, 0.15) is 11.6 Å². The lowest BCUT2D eigenvalue weighted by Crippen LogP contribution is -2.35. The van der Waals surface area contributed by atoms with Gasteiger partial charge in [-0.3, -0.25) is 9.59 Å². The number of rotatable bonds is 4. The van der Waals surface area contributed by atoms with Crippen LogP contribution in [0.3, 0.4) is 0 Å². The zero-order valence-electron chi connectivity index (χ0n) is 13.6. The fraction of sp³-hybridized carbons (Fsp3) is 0.263. The van der Waals surface area contributed by atoms with Crippen LogP contribution in [0, 0.1) is 11.6 Å². The van der Waals surface area contributed by atoms with Crippen LogP contribution >= 0.6 is 0 Å². The number of anilines is 2. The van der Waals surface area contributed by atoms with E-state index in [1.165, 1.54) is 6.07 Å². The minimum Gasteiger partial charge on any atom is -0.326 e. The molecule has 0 aliphatic carbocycles. The lowest BCUT2D eigenvalue weighted by molar-refractivity contribution is -0.119. The summed E-state index contributed by atoms with van der Waals surface area (Å²) in [6.45, 7) is 0.703. The molecule has 1 saturated heterocycles. The molecule has 0 saturated carbocycles. The minimum atomic E-state index is -0.742. The van der Waals surface area contributed by atoms with Crippen LogP contribution in [0.15, 0.2) is 42.5 Å². The first-order valence-electron chi connectivity index (χ1n) is 8.17. The first-order chi connectivity index (χ1) is 12.0. The Morgan fingerprint density at radius 1 is 1.08 bits per heavy atom. The molecule has 0 radical (unpaired) electrons. The molecule has 130 valence electrons. The Labute approximate surface area is 144 Å². The predicted molar refractivity (Wildman–Crippen MR) is 91.3 cm³/mol. The average molecular weight is 344 g/mol. The van der Waals surface area contributed by atoms with Gasteiger partial charge in [0.15, 0.2) is 0 Å². The van der Waals surface area contributed by atoms with E-state index in [0.29, 0.717) is 18.7 Å². The molecule has 6 heteroatoms. The molecule has 0 atom stereocenters. The summed E-state index contributed by atoms with van der Waals surface area (Å²) in [5.41, 5.74) is 1.49. The van der Waals surface area contributed by atoms with Gasteiger partial charge in [-0.25, -0.2) is 8.78 Å². The third kappa shape index (κ3) is 4.21. The van der Waals surface area contributed by atoms with Crippen molar-refractivity contribution >= 4 is 23.2 Å². The van der Waals surface area contributed by atoms with Crippen LogP contribution < -0.4 is 10.2 Å². The van der Waals surface area contributed by atoms with Crippen molar-refractivity contribution in [2.45, 2.75) is 25.7 Å². The molecule has 4 nitrogen and oxygen atoms in total. The highest BCUT2D eigenvalue weighted by atomic mass is 19.1. The molecule has 2 aromatic carbocycles. The van der Waals surface area contributed by atoms with Crippen molar-refractivity contribution in [1.29, 1.82) is 0 Å². The van der Waals surface area contributed by atoms with Crippen LogP contribution in [0.4, 0.5) is 20.2 Å². The molecule has 2 aromatic rings. The van der Waals surface area contributed by atoms with E-state index in [1.54, 1.807) is 29.2 Å². The second kappa shape index (κ2) is 7.42. The van der Waals surface area contributed by atoms with Gasteiger partial charge in [-0.2, -0.15) is 0 Å². The number of hydrogen-bond acceptors (Lipinski definition) is 2. The average Bonchev–Trinajstić information content (AvgIpc) is 2.59. The standard InChI is InChI=1S/C19H18F2N2O2/c20-14-5-4-13(17(21)12-14)11-18(24)22-15-6-8-16(9-7-15)23-10-2-1-3-19(23)25/h4-9,12H,1-3,10-11H2,(H,22,24). The number of benzene rings is 2. The molecule has 1 aliphatic rings. The SMILES string of the molecule is O=C(Cc1ccc(F)cc1F)Nc1ccc(N2CCCCC2=O)cc1. The topological polar surface area (TPSA) is 49.4 Å². The monoisotopic (exact) mass is 344 g/mol. The smallest absolute Gasteiger partial charge is 0.228 e. The lowest BCUT2D eigenvalue weighted by atomic mass is 10.1. The van der Waals surface area contributed by atoms with Gasteiger partial charge in [0.2, 0.25) is 11.8 Å². The molecule has 0 unspecified atom stereocenters. The third-order valence-corrected chi connectivity index (χ3v) is 4.15. The molecule has 25 heavy (non-hydrogen) atoms. The Bertz CT molecular complexity index is 791. The van der Waals surface area contributed by atoms with Gasteiger partial charge in [-0.05, 0) is 48.7 Å². The molecule has 3 rings (SSSR count). The summed E-state index contributed by atoms with van der Waals surface area (Å²) in [6, 6.07) is 10.1. The summed E-state index contributed by atoms with van der Waals surface area (Å²) in [6.07, 6.45) is 2.27. The minimum absolute atomic E-state index is 0.106. The van der Waals surface area contributed by atoms with Gasteiger partial charge in [-0.15, -0.1) is 0 Å². The largest absolute Gasteiger partial charge is 0.326 e. The molecule has 0 aromatic heterocycles. The van der Waals surface area contributed by atoms with Crippen LogP contribution in [0.5, 0.6) is 0 Å². The zero-order chi connectivity index (χ0) is 17.8. The molecule has 1 heterocycles. The van der Waals surface area contributed by atoms with E-state index in [2.05, 4.69) is 5.32 Å². The summed E-state index contributed by atoms with van der Waals surface area (Å²) < 4.78 is 26.5. The maximum atomic E-state index is 13.6. The summed E-state index contributed by atoms with van der Waals surface area (Å²) >= 11 is 0. The lowest BCUT2D eigenvalue weighted by Gasteiger charge is -2.26. The van der Waals surface area contributed by atoms with Gasteiger partial charge in [0.25, 0.3) is 0 Å². The van der Waals surface area contributed by atoms with E-state index in [1.807, 2.05) is 0 Å². The summed E-state index contributed by atoms with van der Waals surface area (Å²) in [5, 5.41) is 2.67. The molecule has 0 spiro atoms. The number of hydrogen-bond donors (Lipinski definition) is 1. The van der Waals surface area contributed by atoms with Crippen LogP contribution in [0.1, 0.15) is 24.8 Å². The van der Waals surface area contributed by atoms with Crippen molar-refractivity contribution in [3.05, 3.63) is 59.7 Å². The third-order valence-electron chi connectivity index (χ3n) is 4.15. The maximum absolute atomic E-state index is 13.6. The van der Waals surface area contributed by atoms with E-state index < -0.39 is 17.5 Å². The summed E-state index contributed by atoms with van der Waals surface area (Å²) in [7, 11) is 0. The Morgan fingerprint density at radius 3 is 2.52 bits per heavy atom. The number of carbonyl (C=O) groups excluding carboxylic acids is 2. The van der Waals surface area contributed by atoms with Gasteiger partial charge in [0, 0.05) is 30.4 Å². The zero-order valence-corrected chi connectivity index (χ0v) is 13.6. The second-order valence-electron chi connectivity index (χ2n) is 6.01. The molecule has 2 amide bonds. The van der Waals surface area contributed by atoms with Gasteiger partial charge >= 0.3 is 0 Å². The van der Waals surface area contributed by atoms with Crippen molar-refractivity contribution in [3.63, 3.8) is 0 Å². The molecular weight excluding hydrogens is 326 g/mol. The first kappa shape index (κ1) is 17.1. The highest BCUT2D eigenvalue weighted by molar-refractivity contribution is 5.95. The quantitative estimate of drug-likeness (QED) is 0.920. The number of halogens is 2. The van der Waals surface area contributed by atoms with Gasteiger partial charge < -0.3 is 10.2 Å². The highest BCUT2D eigenvalue weighted by Crippen LogP contribution is 2.23. The fourth-order valence-corrected chi connectivity index (χ4v) is 2.85. The molecule has 1 N–H and O–H groups in total. The highest BCUT2D eigenvalue weighted by Gasteiger charge is 2.19. The predicted octanol–water partition coefficient (Wildman–Crippen LogP) is 3.66. The van der Waals surface area contributed by atoms with E-state index in [-0.39, 0.29) is 17.9 Å². The number of piperidine rings is 1. The first-order valence-corrected chi connectivity index (χ1v) is 8.17. The molecule has 0 bridgehead atoms. The maximum Gasteiger partial charge on any atom is 0.228 e. The normalized spacial score (nSPS) is 14.5. The van der Waals surface area contributed by atoms with E-state index in [4.69, 9.17) is 0 Å². The van der Waals surface area contributed by atoms with E-state index in [0.717, 1.165) is 30.7 Å². The summed E-state index contributed by atoms with van der Waals surface area (Å²) in [5.74, 6) is -1.71. The Balaban J connectivity index is 1.62. The van der Waals surface area contributed by atoms with Crippen LogP contribution in [-0.4, -0.2) is 18.4 Å². The van der Waals surface area contributed by atoms with Crippen LogP contribution in [0.2, 0.25) is 0 Å². The Kier molecular flexibility index (Phi) is 5.07. The van der Waals surface area contributed by atoms with Crippen LogP contribution in [0.25, 0.3) is 0 Å². The molecule has 1 fully saturated rings. The number of amides is 2. The van der Waals surface area contributed by atoms with E-state index in [9.17, 15) is 18.4 Å². The van der Waals surface area contributed by atoms with Crippen molar-refractivity contribution in [1.82, 2.24) is 0 Å².